The van der Waals surface area contributed by atoms with Gasteiger partial charge in [0.15, 0.2) is 0 Å². The van der Waals surface area contributed by atoms with E-state index >= 15 is 0 Å². The second-order valence-electron chi connectivity index (χ2n) is 9.32. The van der Waals surface area contributed by atoms with Gasteiger partial charge in [-0.15, -0.1) is 0 Å². The summed E-state index contributed by atoms with van der Waals surface area (Å²) in [5.41, 5.74) is 3.58. The van der Waals surface area contributed by atoms with Crippen LogP contribution in [-0.2, 0) is 0 Å². The fourth-order valence-corrected chi connectivity index (χ4v) is 18.7. The quantitative estimate of drug-likeness (QED) is 0.199. The molecule has 0 aliphatic heterocycles. The number of rotatable bonds is 12. The summed E-state index contributed by atoms with van der Waals surface area (Å²) in [6.07, 6.45) is 19.7. The van der Waals surface area contributed by atoms with Gasteiger partial charge in [0.05, 0.1) is 0 Å². The predicted octanol–water partition coefficient (Wildman–Crippen LogP) is 9.01. The molecule has 0 nitrogen and oxygen atoms in total. The van der Waals surface area contributed by atoms with E-state index in [0.29, 0.717) is 5.41 Å². The van der Waals surface area contributed by atoms with Crippen molar-refractivity contribution < 1.29 is 0 Å². The molecule has 0 aromatic rings. The first-order valence-corrected chi connectivity index (χ1v) is 19.2. The molecule has 0 fully saturated rings. The summed E-state index contributed by atoms with van der Waals surface area (Å²) in [5, 5.41) is 0. The van der Waals surface area contributed by atoms with Crippen LogP contribution in [0.15, 0.2) is 33.5 Å². The molecule has 1 heteroatoms. The molecule has 1 aliphatic carbocycles. The zero-order valence-corrected chi connectivity index (χ0v) is 21.6. The number of hydrogen-bond acceptors (Lipinski definition) is 0. The van der Waals surface area contributed by atoms with Crippen LogP contribution in [0, 0.1) is 5.41 Å². The Hall–Kier alpha value is 0.0187. The first kappa shape index (κ1) is 24.1. The monoisotopic (exact) mass is 466 g/mol. The van der Waals surface area contributed by atoms with Gasteiger partial charge in [0.1, 0.15) is 0 Å². The van der Waals surface area contributed by atoms with Gasteiger partial charge in [-0.1, -0.05) is 0 Å². The molecule has 150 valence electrons. The van der Waals surface area contributed by atoms with Crippen LogP contribution in [0.1, 0.15) is 99.3 Å². The molecule has 0 unspecified atom stereocenters. The zero-order valence-electron chi connectivity index (χ0n) is 18.8. The Morgan fingerprint density at radius 3 is 1.88 bits per heavy atom. The van der Waals surface area contributed by atoms with E-state index in [1.165, 1.54) is 57.8 Å². The molecule has 0 radical (unpaired) electrons. The molecule has 0 aromatic carbocycles. The fraction of sp³-hybridized carbons (Fsp3) is 0.760. The molecule has 26 heavy (non-hydrogen) atoms. The molecule has 0 saturated carbocycles. The summed E-state index contributed by atoms with van der Waals surface area (Å²) in [5.74, 6) is 0. The summed E-state index contributed by atoms with van der Waals surface area (Å²) in [6, 6.07) is 0. The van der Waals surface area contributed by atoms with Gasteiger partial charge in [0.25, 0.3) is 0 Å². The second kappa shape index (κ2) is 12.5. The van der Waals surface area contributed by atoms with Crippen molar-refractivity contribution in [1.82, 2.24) is 0 Å². The van der Waals surface area contributed by atoms with E-state index in [4.69, 9.17) is 0 Å². The minimum atomic E-state index is -2.10. The number of hydrogen-bond donors (Lipinski definition) is 0. The Balaban J connectivity index is 2.93. The summed E-state index contributed by atoms with van der Waals surface area (Å²) < 4.78 is 7.51. The van der Waals surface area contributed by atoms with Crippen LogP contribution in [0.25, 0.3) is 0 Å². The molecule has 0 atom stereocenters. The average Bonchev–Trinajstić information content (AvgIpc) is 2.61. The van der Waals surface area contributed by atoms with E-state index in [9.17, 15) is 0 Å². The van der Waals surface area contributed by atoms with Crippen molar-refractivity contribution in [3.8, 4) is 0 Å². The third-order valence-corrected chi connectivity index (χ3v) is 20.6. The Bertz CT molecular complexity index is 457. The Kier molecular flexibility index (Phi) is 11.5. The molecule has 1 rings (SSSR count). The van der Waals surface area contributed by atoms with Gasteiger partial charge < -0.3 is 0 Å². The normalized spacial score (nSPS) is 18.4. The second-order valence-corrected chi connectivity index (χ2v) is 22.3. The zero-order chi connectivity index (χ0) is 19.5. The van der Waals surface area contributed by atoms with Crippen LogP contribution in [-0.4, -0.2) is 18.4 Å². The first-order valence-electron chi connectivity index (χ1n) is 11.5. The van der Waals surface area contributed by atoms with Crippen molar-refractivity contribution in [1.29, 1.82) is 0 Å². The average molecular weight is 465 g/mol. The Labute approximate surface area is 169 Å². The summed E-state index contributed by atoms with van der Waals surface area (Å²) in [6.45, 7) is 14.3. The van der Waals surface area contributed by atoms with Crippen molar-refractivity contribution in [2.75, 3.05) is 0 Å². The van der Waals surface area contributed by atoms with E-state index in [-0.39, 0.29) is 0 Å². The van der Waals surface area contributed by atoms with Gasteiger partial charge in [-0.3, -0.25) is 0 Å². The molecule has 0 spiro atoms. The van der Waals surface area contributed by atoms with Gasteiger partial charge in [0.2, 0.25) is 0 Å². The van der Waals surface area contributed by atoms with E-state index in [0.717, 1.165) is 0 Å². The fourth-order valence-electron chi connectivity index (χ4n) is 4.63. The summed E-state index contributed by atoms with van der Waals surface area (Å²) in [4.78, 5) is 0. The molecule has 0 heterocycles. The van der Waals surface area contributed by atoms with Crippen LogP contribution < -0.4 is 0 Å². The molecule has 0 bridgehead atoms. The van der Waals surface area contributed by atoms with Gasteiger partial charge in [-0.05, 0) is 0 Å². The van der Waals surface area contributed by atoms with Gasteiger partial charge >= 0.3 is 170 Å². The molecular formula is C25H46Sn. The standard InChI is InChI=1S/C13H19.3C4H9.Sn/c1-5-6-9-12-11(2)8-7-10-13(12,3)4;3*1-3-4-2;/h1,5-6,9H,7-8,10H2,2-4H3;3*1,3-4H2,2H3;/b5-1?,9-6+;;;;. The first-order chi connectivity index (χ1) is 12.4. The molecule has 0 amide bonds. The van der Waals surface area contributed by atoms with Crippen molar-refractivity contribution in [3.63, 3.8) is 0 Å². The van der Waals surface area contributed by atoms with E-state index in [1.807, 2.05) is 0 Å². The van der Waals surface area contributed by atoms with E-state index < -0.39 is 18.4 Å². The van der Waals surface area contributed by atoms with E-state index in [1.54, 1.807) is 24.5 Å². The molecule has 1 aliphatic rings. The van der Waals surface area contributed by atoms with Crippen molar-refractivity contribution in [2.24, 2.45) is 5.41 Å². The molecule has 0 saturated heterocycles. The molecular weight excluding hydrogens is 419 g/mol. The minimum absolute atomic E-state index is 0.361. The molecule has 0 N–H and O–H groups in total. The van der Waals surface area contributed by atoms with Crippen molar-refractivity contribution >= 4 is 18.4 Å². The summed E-state index contributed by atoms with van der Waals surface area (Å²) >= 11 is -2.10. The molecule has 0 aromatic heterocycles. The van der Waals surface area contributed by atoms with Crippen LogP contribution >= 0.6 is 0 Å². The van der Waals surface area contributed by atoms with Crippen molar-refractivity contribution in [3.05, 3.63) is 33.5 Å². The third kappa shape index (κ3) is 7.95. The van der Waals surface area contributed by atoms with E-state index in [2.05, 4.69) is 63.9 Å². The third-order valence-electron chi connectivity index (χ3n) is 6.45. The maximum atomic E-state index is 2.79. The van der Waals surface area contributed by atoms with Crippen LogP contribution in [0.2, 0.25) is 13.3 Å². The summed E-state index contributed by atoms with van der Waals surface area (Å²) in [7, 11) is 0. The Morgan fingerprint density at radius 1 is 0.885 bits per heavy atom. The predicted molar refractivity (Wildman–Crippen MR) is 124 cm³/mol. The topological polar surface area (TPSA) is 0 Å². The maximum absolute atomic E-state index is 2.79. The van der Waals surface area contributed by atoms with Gasteiger partial charge in [-0.2, -0.15) is 0 Å². The van der Waals surface area contributed by atoms with Crippen LogP contribution in [0.5, 0.6) is 0 Å². The Morgan fingerprint density at radius 2 is 1.42 bits per heavy atom. The number of allylic oxidation sites excluding steroid dienone is 5. The van der Waals surface area contributed by atoms with Crippen molar-refractivity contribution in [2.45, 2.75) is 113 Å². The van der Waals surface area contributed by atoms with Gasteiger partial charge in [-0.25, -0.2) is 0 Å². The van der Waals surface area contributed by atoms with Gasteiger partial charge in [0, 0.05) is 0 Å². The SMILES string of the molecule is CCC[CH2][Sn](/[CH]=C/C=C/C1=C(C)CCCC1(C)C)([CH2]CCC)[CH2]CCC. The van der Waals surface area contributed by atoms with Crippen LogP contribution in [0.3, 0.4) is 0 Å². The number of unbranched alkanes of at least 4 members (excludes halogenated alkanes) is 3. The van der Waals surface area contributed by atoms with Crippen LogP contribution in [0.4, 0.5) is 0 Å².